The summed E-state index contributed by atoms with van der Waals surface area (Å²) < 4.78 is 11.1. The van der Waals surface area contributed by atoms with Crippen molar-refractivity contribution in [2.24, 2.45) is 0 Å². The van der Waals surface area contributed by atoms with Gasteiger partial charge in [-0.1, -0.05) is 20.8 Å². The molecule has 0 unspecified atom stereocenters. The Morgan fingerprint density at radius 1 is 1.32 bits per heavy atom. The Morgan fingerprint density at radius 3 is 2.36 bits per heavy atom. The molecule has 0 aliphatic heterocycles. The largest absolute Gasteiger partial charge is 0.459 e. The maximum Gasteiger partial charge on any atom is 0.308 e. The van der Waals surface area contributed by atoms with E-state index in [1.54, 1.807) is 7.11 Å². The van der Waals surface area contributed by atoms with Gasteiger partial charge in [0, 0.05) is 67.3 Å². The molecule has 1 aromatic carbocycles. The molecule has 0 bridgehead atoms. The molecule has 0 spiro atoms. The average Bonchev–Trinajstić information content (AvgIpc) is 2.52. The molecular formula is C20H32O3WY-2. The third kappa shape index (κ3) is 10.4. The van der Waals surface area contributed by atoms with Crippen molar-refractivity contribution >= 4 is 5.97 Å². The monoisotopic (exact) mass is 593 g/mol. The number of carbonyl (C=O) groups is 1. The third-order valence-electron chi connectivity index (χ3n) is 4.18. The van der Waals surface area contributed by atoms with E-state index in [1.807, 2.05) is 45.9 Å². The van der Waals surface area contributed by atoms with E-state index in [0.717, 1.165) is 36.8 Å². The Balaban J connectivity index is -0.000000934. The van der Waals surface area contributed by atoms with E-state index >= 15 is 0 Å². The summed E-state index contributed by atoms with van der Waals surface area (Å²) in [5, 5.41) is 0. The van der Waals surface area contributed by atoms with Crippen LogP contribution in [0.5, 0.6) is 0 Å². The number of hydrogen-bond donors (Lipinski definition) is 0. The predicted molar refractivity (Wildman–Crippen MR) is 95.2 cm³/mol. The standard InChI is InChI=1S/C17H23O3.C2H6.CH3.W.Y/c1-13-6-4-5-7-14(13)12-16(18)20-17(2)10-8-15(19-3)9-11-17;1-2;;;/h4-6,15H,8-12H2,1-3H3;1-2H3;1H3;;/q-1;;-1;;. The fraction of sp³-hybridized carbons (Fsp3) is 0.600. The molecule has 0 heterocycles. The molecule has 1 radical (unpaired) electrons. The van der Waals surface area contributed by atoms with Crippen molar-refractivity contribution in [3.05, 3.63) is 42.8 Å². The van der Waals surface area contributed by atoms with Crippen LogP contribution in [0.3, 0.4) is 0 Å². The zero-order chi connectivity index (χ0) is 16.6. The van der Waals surface area contributed by atoms with E-state index in [-0.39, 0.29) is 72.8 Å². The fourth-order valence-electron chi connectivity index (χ4n) is 2.74. The van der Waals surface area contributed by atoms with Crippen LogP contribution in [0.1, 0.15) is 57.6 Å². The normalized spacial score (nSPS) is 21.2. The Morgan fingerprint density at radius 2 is 1.88 bits per heavy atom. The third-order valence-corrected chi connectivity index (χ3v) is 4.18. The number of carbonyl (C=O) groups excluding carboxylic acids is 1. The first-order chi connectivity index (χ1) is 10.5. The number of aryl methyl sites for hydroxylation is 1. The zero-order valence-electron chi connectivity index (χ0n) is 16.6. The van der Waals surface area contributed by atoms with Crippen LogP contribution in [0.25, 0.3) is 0 Å². The van der Waals surface area contributed by atoms with Gasteiger partial charge >= 0.3 is 5.97 Å². The number of rotatable bonds is 4. The Labute approximate surface area is 194 Å². The van der Waals surface area contributed by atoms with Crippen molar-refractivity contribution in [1.82, 2.24) is 0 Å². The van der Waals surface area contributed by atoms with Crippen LogP contribution in [0.4, 0.5) is 0 Å². The van der Waals surface area contributed by atoms with Crippen LogP contribution in [0.15, 0.2) is 18.2 Å². The molecule has 0 atom stereocenters. The van der Waals surface area contributed by atoms with E-state index in [2.05, 4.69) is 6.07 Å². The molecule has 1 aliphatic carbocycles. The smallest absolute Gasteiger partial charge is 0.308 e. The van der Waals surface area contributed by atoms with Crippen molar-refractivity contribution in [2.45, 2.75) is 71.5 Å². The van der Waals surface area contributed by atoms with E-state index in [0.29, 0.717) is 12.5 Å². The molecule has 0 saturated heterocycles. The molecule has 141 valence electrons. The number of ether oxygens (including phenoxy) is 2. The number of benzene rings is 1. The Hall–Kier alpha value is 0.442. The molecule has 0 aromatic heterocycles. The van der Waals surface area contributed by atoms with E-state index in [1.165, 1.54) is 0 Å². The quantitative estimate of drug-likeness (QED) is 0.376. The van der Waals surface area contributed by atoms with Gasteiger partial charge in [0.15, 0.2) is 0 Å². The summed E-state index contributed by atoms with van der Waals surface area (Å²) in [6, 6.07) is 8.87. The second-order valence-electron chi connectivity index (χ2n) is 5.87. The van der Waals surface area contributed by atoms with Gasteiger partial charge in [-0.15, -0.1) is 5.56 Å². The van der Waals surface area contributed by atoms with Gasteiger partial charge in [-0.2, -0.15) is 29.8 Å². The molecule has 0 N–H and O–H groups in total. The summed E-state index contributed by atoms with van der Waals surface area (Å²) in [5.74, 6) is -0.158. The topological polar surface area (TPSA) is 35.5 Å². The van der Waals surface area contributed by atoms with Crippen molar-refractivity contribution in [2.75, 3.05) is 7.11 Å². The summed E-state index contributed by atoms with van der Waals surface area (Å²) in [4.78, 5) is 12.1. The van der Waals surface area contributed by atoms with Gasteiger partial charge in [-0.3, -0.25) is 4.79 Å². The first kappa shape index (κ1) is 30.2. The summed E-state index contributed by atoms with van der Waals surface area (Å²) >= 11 is 0. The minimum atomic E-state index is -0.338. The molecule has 1 aliphatic rings. The van der Waals surface area contributed by atoms with Crippen molar-refractivity contribution in [1.29, 1.82) is 0 Å². The van der Waals surface area contributed by atoms with Crippen molar-refractivity contribution in [3.8, 4) is 0 Å². The molecule has 3 nitrogen and oxygen atoms in total. The maximum absolute atomic E-state index is 12.1. The number of esters is 1. The summed E-state index contributed by atoms with van der Waals surface area (Å²) in [6.07, 6.45) is 4.26. The first-order valence-corrected chi connectivity index (χ1v) is 8.23. The molecule has 5 heteroatoms. The zero-order valence-corrected chi connectivity index (χ0v) is 22.3. The van der Waals surface area contributed by atoms with Gasteiger partial charge in [-0.05, 0) is 32.6 Å². The minimum absolute atomic E-state index is 0. The fourth-order valence-corrected chi connectivity index (χ4v) is 2.74. The number of methoxy groups -OCH3 is 1. The molecule has 1 saturated carbocycles. The van der Waals surface area contributed by atoms with Gasteiger partial charge in [-0.25, -0.2) is 0 Å². The maximum atomic E-state index is 12.1. The average molecular weight is 593 g/mol. The van der Waals surface area contributed by atoms with Crippen LogP contribution in [-0.4, -0.2) is 24.8 Å². The number of hydrogen-bond acceptors (Lipinski definition) is 3. The summed E-state index contributed by atoms with van der Waals surface area (Å²) in [5.41, 5.74) is 1.67. The Kier molecular flexibility index (Phi) is 18.7. The van der Waals surface area contributed by atoms with Crippen molar-refractivity contribution in [3.63, 3.8) is 0 Å². The van der Waals surface area contributed by atoms with Crippen LogP contribution < -0.4 is 0 Å². The molecule has 2 rings (SSSR count). The summed E-state index contributed by atoms with van der Waals surface area (Å²) in [7, 11) is 1.74. The van der Waals surface area contributed by atoms with Gasteiger partial charge < -0.3 is 16.9 Å². The molecule has 0 amide bonds. The van der Waals surface area contributed by atoms with Gasteiger partial charge in [0.2, 0.25) is 0 Å². The molecule has 1 aromatic rings. The minimum Gasteiger partial charge on any atom is -0.459 e. The van der Waals surface area contributed by atoms with Gasteiger partial charge in [0.1, 0.15) is 5.60 Å². The van der Waals surface area contributed by atoms with E-state index in [4.69, 9.17) is 9.47 Å². The van der Waals surface area contributed by atoms with E-state index < -0.39 is 0 Å². The second-order valence-corrected chi connectivity index (χ2v) is 5.87. The Bertz CT molecular complexity index is 472. The SMILES string of the molecule is CC.COC1CCC(C)(OC(=O)Cc2[c-]cccc2C)CC1.[CH3-].[W].[Y]. The predicted octanol–water partition coefficient (Wildman–Crippen LogP) is 4.70. The molecular weight excluding hydrogens is 561 g/mol. The van der Waals surface area contributed by atoms with Gasteiger partial charge in [0.05, 0.1) is 6.10 Å². The molecule has 1 fully saturated rings. The van der Waals surface area contributed by atoms with E-state index in [9.17, 15) is 4.79 Å². The van der Waals surface area contributed by atoms with Crippen LogP contribution >= 0.6 is 0 Å². The molecule has 25 heavy (non-hydrogen) atoms. The van der Waals surface area contributed by atoms with Crippen LogP contribution in [0.2, 0.25) is 0 Å². The van der Waals surface area contributed by atoms with Gasteiger partial charge in [0.25, 0.3) is 0 Å². The first-order valence-electron chi connectivity index (χ1n) is 8.23. The van der Waals surface area contributed by atoms with Crippen LogP contribution in [-0.2, 0) is 74.5 Å². The second kappa shape index (κ2) is 15.5. The summed E-state index contributed by atoms with van der Waals surface area (Å²) in [6.45, 7) is 8.02. The van der Waals surface area contributed by atoms with Crippen LogP contribution in [0, 0.1) is 20.4 Å². The van der Waals surface area contributed by atoms with Crippen molar-refractivity contribution < 1.29 is 68.0 Å².